The van der Waals surface area contributed by atoms with Crippen LogP contribution < -0.4 is 0 Å². The van der Waals surface area contributed by atoms with Gasteiger partial charge in [0.05, 0.1) is 13.2 Å². The second-order valence-electron chi connectivity index (χ2n) is 3.77. The zero-order chi connectivity index (χ0) is 13.5. The first kappa shape index (κ1) is 16.0. The number of carbonyl (C=O) groups is 2. The minimum absolute atomic E-state index is 0.167. The first-order valence-electron chi connectivity index (χ1n) is 5.55. The lowest BCUT2D eigenvalue weighted by Gasteiger charge is -2.23. The molecule has 5 heteroatoms. The van der Waals surface area contributed by atoms with Crippen LogP contribution in [0.5, 0.6) is 0 Å². The predicted octanol–water partition coefficient (Wildman–Crippen LogP) is 2.65. The van der Waals surface area contributed by atoms with E-state index in [-0.39, 0.29) is 19.6 Å². The number of rotatable bonds is 6. The monoisotopic (exact) mass is 262 g/mol. The van der Waals surface area contributed by atoms with E-state index >= 15 is 0 Å². The molecule has 0 rings (SSSR count). The number of carbonyl (C=O) groups excluding carboxylic acids is 2. The van der Waals surface area contributed by atoms with E-state index in [4.69, 9.17) is 21.1 Å². The summed E-state index contributed by atoms with van der Waals surface area (Å²) >= 11 is 5.70. The number of esters is 2. The molecular formula is C12H19ClO4. The molecule has 0 saturated heterocycles. The van der Waals surface area contributed by atoms with Crippen LogP contribution in [0.25, 0.3) is 0 Å². The van der Waals surface area contributed by atoms with Crippen LogP contribution in [0.3, 0.4) is 0 Å². The highest BCUT2D eigenvalue weighted by Crippen LogP contribution is 2.27. The van der Waals surface area contributed by atoms with E-state index in [1.807, 2.05) is 0 Å². The summed E-state index contributed by atoms with van der Waals surface area (Å²) in [6.07, 6.45) is 1.77. The number of allylic oxidation sites excluding steroid dienone is 2. The van der Waals surface area contributed by atoms with Crippen LogP contribution in [0, 0.1) is 5.41 Å². The number of hydrogen-bond acceptors (Lipinski definition) is 4. The number of hydrogen-bond donors (Lipinski definition) is 0. The Hall–Kier alpha value is -1.03. The maximum absolute atomic E-state index is 11.8. The fourth-order valence-electron chi connectivity index (χ4n) is 1.18. The van der Waals surface area contributed by atoms with E-state index in [0.717, 1.165) is 0 Å². The van der Waals surface area contributed by atoms with E-state index in [0.29, 0.717) is 5.03 Å². The minimum Gasteiger partial charge on any atom is -0.465 e. The number of halogens is 1. The Morgan fingerprint density at radius 2 is 1.59 bits per heavy atom. The zero-order valence-corrected chi connectivity index (χ0v) is 11.5. The van der Waals surface area contributed by atoms with Crippen molar-refractivity contribution in [2.75, 3.05) is 13.2 Å². The van der Waals surface area contributed by atoms with Gasteiger partial charge in [-0.2, -0.15) is 0 Å². The summed E-state index contributed by atoms with van der Waals surface area (Å²) in [5.41, 5.74) is -1.33. The van der Waals surface area contributed by atoms with Crippen LogP contribution in [0.15, 0.2) is 11.1 Å². The van der Waals surface area contributed by atoms with Crippen molar-refractivity contribution in [3.05, 3.63) is 11.1 Å². The zero-order valence-electron chi connectivity index (χ0n) is 10.7. The standard InChI is InChI=1S/C12H19ClO4/c1-5-16-10(14)12(4,8-7-9(3)13)11(15)17-6-2/h7H,5-6,8H2,1-4H3. The molecule has 0 fully saturated rings. The maximum Gasteiger partial charge on any atom is 0.323 e. The van der Waals surface area contributed by atoms with E-state index in [9.17, 15) is 9.59 Å². The quantitative estimate of drug-likeness (QED) is 0.545. The molecule has 0 aliphatic heterocycles. The third-order valence-corrected chi connectivity index (χ3v) is 2.40. The van der Waals surface area contributed by atoms with Crippen LogP contribution >= 0.6 is 11.6 Å². The summed E-state index contributed by atoms with van der Waals surface area (Å²) in [5, 5.41) is 0.518. The van der Waals surface area contributed by atoms with Crippen molar-refractivity contribution in [3.63, 3.8) is 0 Å². The van der Waals surface area contributed by atoms with Gasteiger partial charge in [0.2, 0.25) is 0 Å². The van der Waals surface area contributed by atoms with Crippen molar-refractivity contribution < 1.29 is 19.1 Å². The summed E-state index contributed by atoms with van der Waals surface area (Å²) in [6.45, 7) is 6.99. The summed E-state index contributed by atoms with van der Waals surface area (Å²) < 4.78 is 9.79. The fraction of sp³-hybridized carbons (Fsp3) is 0.667. The Bertz CT molecular complexity index is 288. The molecule has 0 spiro atoms. The largest absolute Gasteiger partial charge is 0.465 e. The third-order valence-electron chi connectivity index (χ3n) is 2.24. The molecule has 4 nitrogen and oxygen atoms in total. The van der Waals surface area contributed by atoms with Gasteiger partial charge in [0, 0.05) is 5.03 Å². The van der Waals surface area contributed by atoms with Crippen molar-refractivity contribution in [2.45, 2.75) is 34.1 Å². The molecule has 0 aromatic rings. The van der Waals surface area contributed by atoms with Crippen molar-refractivity contribution in [3.8, 4) is 0 Å². The van der Waals surface area contributed by atoms with Gasteiger partial charge < -0.3 is 9.47 Å². The smallest absolute Gasteiger partial charge is 0.323 e. The van der Waals surface area contributed by atoms with E-state index < -0.39 is 17.4 Å². The van der Waals surface area contributed by atoms with Crippen molar-refractivity contribution in [2.24, 2.45) is 5.41 Å². The molecule has 0 aliphatic rings. The highest BCUT2D eigenvalue weighted by atomic mass is 35.5. The molecule has 0 aromatic carbocycles. The summed E-state index contributed by atoms with van der Waals surface area (Å²) in [5.74, 6) is -1.18. The lowest BCUT2D eigenvalue weighted by atomic mass is 9.86. The van der Waals surface area contributed by atoms with Crippen molar-refractivity contribution in [1.29, 1.82) is 0 Å². The van der Waals surface area contributed by atoms with Crippen molar-refractivity contribution in [1.82, 2.24) is 0 Å². The average molecular weight is 263 g/mol. The lowest BCUT2D eigenvalue weighted by Crippen LogP contribution is -2.39. The average Bonchev–Trinajstić information content (AvgIpc) is 2.26. The topological polar surface area (TPSA) is 52.6 Å². The first-order valence-corrected chi connectivity index (χ1v) is 5.93. The maximum atomic E-state index is 11.8. The normalized spacial score (nSPS) is 12.2. The van der Waals surface area contributed by atoms with Gasteiger partial charge in [-0.1, -0.05) is 17.7 Å². The Balaban J connectivity index is 4.98. The molecule has 17 heavy (non-hydrogen) atoms. The van der Waals surface area contributed by atoms with Gasteiger partial charge >= 0.3 is 11.9 Å². The summed E-state index contributed by atoms with van der Waals surface area (Å²) in [7, 11) is 0. The Kier molecular flexibility index (Phi) is 6.88. The first-order chi connectivity index (χ1) is 7.88. The van der Waals surface area contributed by atoms with Crippen LogP contribution in [0.4, 0.5) is 0 Å². The van der Waals surface area contributed by atoms with E-state index in [1.54, 1.807) is 26.8 Å². The predicted molar refractivity (Wildman–Crippen MR) is 65.6 cm³/mol. The third kappa shape index (κ3) is 4.77. The van der Waals surface area contributed by atoms with Crippen molar-refractivity contribution >= 4 is 23.5 Å². The van der Waals surface area contributed by atoms with Gasteiger partial charge in [-0.05, 0) is 34.1 Å². The van der Waals surface area contributed by atoms with Crippen LogP contribution in [-0.4, -0.2) is 25.2 Å². The highest BCUT2D eigenvalue weighted by molar-refractivity contribution is 6.29. The molecule has 0 heterocycles. The highest BCUT2D eigenvalue weighted by Gasteiger charge is 2.43. The SMILES string of the molecule is CCOC(=O)C(C)(CC=C(C)Cl)C(=O)OCC. The Labute approximate surface area is 107 Å². The molecule has 0 unspecified atom stereocenters. The molecule has 0 aromatic heterocycles. The van der Waals surface area contributed by atoms with E-state index in [2.05, 4.69) is 0 Å². The molecule has 0 aliphatic carbocycles. The lowest BCUT2D eigenvalue weighted by molar-refractivity contribution is -0.170. The minimum atomic E-state index is -1.33. The fourth-order valence-corrected chi connectivity index (χ4v) is 1.25. The molecule has 0 saturated carbocycles. The van der Waals surface area contributed by atoms with Crippen LogP contribution in [-0.2, 0) is 19.1 Å². The van der Waals surface area contributed by atoms with Gasteiger partial charge in [-0.25, -0.2) is 0 Å². The second kappa shape index (κ2) is 7.33. The molecule has 0 radical (unpaired) electrons. The molecule has 0 amide bonds. The van der Waals surface area contributed by atoms with Gasteiger partial charge in [0.15, 0.2) is 5.41 Å². The van der Waals surface area contributed by atoms with Gasteiger partial charge in [0.25, 0.3) is 0 Å². The van der Waals surface area contributed by atoms with Gasteiger partial charge in [-0.15, -0.1) is 0 Å². The molecule has 0 bridgehead atoms. The van der Waals surface area contributed by atoms with E-state index in [1.165, 1.54) is 6.92 Å². The Morgan fingerprint density at radius 3 is 1.88 bits per heavy atom. The summed E-state index contributed by atoms with van der Waals surface area (Å²) in [6, 6.07) is 0. The molecule has 0 atom stereocenters. The second-order valence-corrected chi connectivity index (χ2v) is 4.36. The Morgan fingerprint density at radius 1 is 1.18 bits per heavy atom. The summed E-state index contributed by atoms with van der Waals surface area (Å²) in [4.78, 5) is 23.6. The van der Waals surface area contributed by atoms with Crippen LogP contribution in [0.2, 0.25) is 0 Å². The molecule has 0 N–H and O–H groups in total. The van der Waals surface area contributed by atoms with Gasteiger partial charge in [-0.3, -0.25) is 9.59 Å². The van der Waals surface area contributed by atoms with Gasteiger partial charge in [0.1, 0.15) is 0 Å². The van der Waals surface area contributed by atoms with Crippen LogP contribution in [0.1, 0.15) is 34.1 Å². The number of ether oxygens (including phenoxy) is 2. The molecule has 98 valence electrons. The molecular weight excluding hydrogens is 244 g/mol.